The van der Waals surface area contributed by atoms with Gasteiger partial charge in [-0.15, -0.1) is 0 Å². The topological polar surface area (TPSA) is 73.5 Å². The van der Waals surface area contributed by atoms with Crippen molar-refractivity contribution in [2.45, 2.75) is 50.6 Å². The molecule has 2 fully saturated rings. The highest BCUT2D eigenvalue weighted by Gasteiger charge is 2.51. The zero-order valence-corrected chi connectivity index (χ0v) is 12.2. The van der Waals surface area contributed by atoms with Gasteiger partial charge in [-0.05, 0) is 51.4 Å². The van der Waals surface area contributed by atoms with Crippen molar-refractivity contribution in [3.63, 3.8) is 0 Å². The molecule has 0 aromatic carbocycles. The van der Waals surface area contributed by atoms with Crippen LogP contribution in [-0.2, 0) is 0 Å². The van der Waals surface area contributed by atoms with Crippen molar-refractivity contribution < 1.29 is 0 Å². The molecule has 0 spiro atoms. The van der Waals surface area contributed by atoms with Gasteiger partial charge in [0.15, 0.2) is 0 Å². The van der Waals surface area contributed by atoms with Gasteiger partial charge in [0.1, 0.15) is 36.1 Å². The van der Waals surface area contributed by atoms with Gasteiger partial charge in [-0.1, -0.05) is 0 Å². The van der Waals surface area contributed by atoms with Gasteiger partial charge in [-0.3, -0.25) is 0 Å². The van der Waals surface area contributed by atoms with E-state index in [1.807, 2.05) is 0 Å². The minimum absolute atomic E-state index is 0.251. The Morgan fingerprint density at radius 3 is 1.40 bits per heavy atom. The van der Waals surface area contributed by atoms with E-state index in [2.05, 4.69) is 34.5 Å². The van der Waals surface area contributed by atoms with Crippen molar-refractivity contribution in [2.24, 2.45) is 32.0 Å². The SMILES string of the molecule is CC(N=NC(C)(C1=NCN1)C1CC1)(C1=NCN1)C1CC1. The Bertz CT molecular complexity index is 470. The van der Waals surface area contributed by atoms with Crippen LogP contribution in [0.2, 0.25) is 0 Å². The second kappa shape index (κ2) is 4.02. The first-order valence-electron chi connectivity index (χ1n) is 7.64. The second-order valence-electron chi connectivity index (χ2n) is 6.73. The fraction of sp³-hybridized carbons (Fsp3) is 0.857. The largest absolute Gasteiger partial charge is 0.353 e. The number of hydrogen-bond donors (Lipinski definition) is 2. The first-order chi connectivity index (χ1) is 9.63. The predicted octanol–water partition coefficient (Wildman–Crippen LogP) is 1.69. The van der Waals surface area contributed by atoms with Crippen molar-refractivity contribution >= 4 is 11.7 Å². The van der Waals surface area contributed by atoms with Crippen LogP contribution in [0.15, 0.2) is 20.2 Å². The van der Waals surface area contributed by atoms with Crippen molar-refractivity contribution in [1.29, 1.82) is 0 Å². The van der Waals surface area contributed by atoms with E-state index in [-0.39, 0.29) is 11.1 Å². The van der Waals surface area contributed by atoms with Crippen LogP contribution in [0.25, 0.3) is 0 Å². The Hall–Kier alpha value is -1.46. The van der Waals surface area contributed by atoms with Gasteiger partial charge < -0.3 is 10.6 Å². The molecule has 6 nitrogen and oxygen atoms in total. The Morgan fingerprint density at radius 2 is 1.20 bits per heavy atom. The molecule has 0 saturated heterocycles. The zero-order valence-electron chi connectivity index (χ0n) is 12.2. The maximum absolute atomic E-state index is 4.79. The predicted molar refractivity (Wildman–Crippen MR) is 78.0 cm³/mol. The van der Waals surface area contributed by atoms with Crippen LogP contribution in [0.1, 0.15) is 39.5 Å². The lowest BCUT2D eigenvalue weighted by molar-refractivity contribution is 0.423. The fourth-order valence-corrected chi connectivity index (χ4v) is 3.14. The van der Waals surface area contributed by atoms with Crippen LogP contribution in [0, 0.1) is 11.8 Å². The number of amidine groups is 2. The van der Waals surface area contributed by atoms with E-state index in [1.165, 1.54) is 25.7 Å². The normalized spacial score (nSPS) is 30.9. The lowest BCUT2D eigenvalue weighted by Gasteiger charge is -2.35. The molecule has 2 atom stereocenters. The Morgan fingerprint density at radius 1 is 0.850 bits per heavy atom. The van der Waals surface area contributed by atoms with Crippen LogP contribution in [0.3, 0.4) is 0 Å². The number of hydrogen-bond acceptors (Lipinski definition) is 6. The number of azo groups is 1. The van der Waals surface area contributed by atoms with Crippen molar-refractivity contribution in [3.05, 3.63) is 0 Å². The van der Waals surface area contributed by atoms with E-state index in [0.717, 1.165) is 25.0 Å². The molecule has 0 bridgehead atoms. The van der Waals surface area contributed by atoms with E-state index in [1.54, 1.807) is 0 Å². The molecule has 4 rings (SSSR count). The van der Waals surface area contributed by atoms with Gasteiger partial charge in [-0.25, -0.2) is 9.98 Å². The molecule has 4 aliphatic rings. The molecular formula is C14H22N6. The minimum atomic E-state index is -0.251. The first kappa shape index (κ1) is 12.3. The van der Waals surface area contributed by atoms with E-state index in [0.29, 0.717) is 11.8 Å². The monoisotopic (exact) mass is 274 g/mol. The summed E-state index contributed by atoms with van der Waals surface area (Å²) in [6, 6.07) is 0. The van der Waals surface area contributed by atoms with E-state index >= 15 is 0 Å². The lowest BCUT2D eigenvalue weighted by atomic mass is 9.92. The first-order valence-corrected chi connectivity index (χ1v) is 7.64. The summed E-state index contributed by atoms with van der Waals surface area (Å²) in [5.41, 5.74) is -0.503. The molecule has 2 heterocycles. The van der Waals surface area contributed by atoms with Crippen LogP contribution in [0.5, 0.6) is 0 Å². The standard InChI is InChI=1S/C14H22N6/c1-13(9-3-4-9,11-15-7-16-11)19-20-14(2,10-5-6-10)12-17-8-18-12/h9-10H,3-8H2,1-2H3,(H,15,16)(H,17,18). The summed E-state index contributed by atoms with van der Waals surface area (Å²) >= 11 is 0. The third kappa shape index (κ3) is 1.77. The van der Waals surface area contributed by atoms with E-state index in [9.17, 15) is 0 Å². The maximum Gasteiger partial charge on any atom is 0.138 e. The highest BCUT2D eigenvalue weighted by molar-refractivity contribution is 5.96. The van der Waals surface area contributed by atoms with Crippen LogP contribution in [0.4, 0.5) is 0 Å². The average molecular weight is 274 g/mol. The second-order valence-corrected chi connectivity index (χ2v) is 6.73. The summed E-state index contributed by atoms with van der Waals surface area (Å²) in [6.07, 6.45) is 4.93. The van der Waals surface area contributed by atoms with Gasteiger partial charge >= 0.3 is 0 Å². The molecule has 0 aromatic rings. The summed E-state index contributed by atoms with van der Waals surface area (Å²) in [5, 5.41) is 16.2. The van der Waals surface area contributed by atoms with Crippen molar-refractivity contribution in [2.75, 3.05) is 13.3 Å². The fourth-order valence-electron chi connectivity index (χ4n) is 3.14. The molecule has 6 heteroatoms. The van der Waals surface area contributed by atoms with Gasteiger partial charge in [0.25, 0.3) is 0 Å². The Balaban J connectivity index is 1.61. The van der Waals surface area contributed by atoms with Crippen molar-refractivity contribution in [3.8, 4) is 0 Å². The quantitative estimate of drug-likeness (QED) is 0.723. The van der Waals surface area contributed by atoms with Crippen LogP contribution in [-0.4, -0.2) is 36.1 Å². The number of nitrogens with one attached hydrogen (secondary N) is 2. The highest BCUT2D eigenvalue weighted by Crippen LogP contribution is 2.46. The molecule has 2 unspecified atom stereocenters. The van der Waals surface area contributed by atoms with E-state index in [4.69, 9.17) is 10.2 Å². The maximum atomic E-state index is 4.79. The molecule has 108 valence electrons. The van der Waals surface area contributed by atoms with Crippen LogP contribution >= 0.6 is 0 Å². The summed E-state index contributed by atoms with van der Waals surface area (Å²) in [7, 11) is 0. The zero-order chi connectivity index (χ0) is 13.8. The number of rotatable bonds is 6. The minimum Gasteiger partial charge on any atom is -0.353 e. The molecule has 0 amide bonds. The lowest BCUT2D eigenvalue weighted by Crippen LogP contribution is -2.53. The van der Waals surface area contributed by atoms with Crippen LogP contribution < -0.4 is 10.6 Å². The van der Waals surface area contributed by atoms with Gasteiger partial charge in [0.05, 0.1) is 0 Å². The molecule has 0 aromatic heterocycles. The number of nitrogens with zero attached hydrogens (tertiary/aromatic N) is 4. The van der Waals surface area contributed by atoms with Crippen molar-refractivity contribution in [1.82, 2.24) is 10.6 Å². The molecule has 2 N–H and O–H groups in total. The molecule has 2 aliphatic heterocycles. The molecule has 20 heavy (non-hydrogen) atoms. The molecular weight excluding hydrogens is 252 g/mol. The Labute approximate surface area is 119 Å². The number of aliphatic imine (C=N–C) groups is 2. The smallest absolute Gasteiger partial charge is 0.138 e. The van der Waals surface area contributed by atoms with Gasteiger partial charge in [0.2, 0.25) is 0 Å². The van der Waals surface area contributed by atoms with Gasteiger partial charge in [0, 0.05) is 0 Å². The summed E-state index contributed by atoms with van der Waals surface area (Å²) < 4.78 is 0. The molecule has 0 radical (unpaired) electrons. The van der Waals surface area contributed by atoms with Gasteiger partial charge in [-0.2, -0.15) is 10.2 Å². The third-order valence-corrected chi connectivity index (χ3v) is 5.14. The summed E-state index contributed by atoms with van der Waals surface area (Å²) in [6.45, 7) is 5.79. The van der Waals surface area contributed by atoms with E-state index < -0.39 is 0 Å². The highest BCUT2D eigenvalue weighted by atomic mass is 15.3. The average Bonchev–Trinajstić information content (AvgIpc) is 3.14. The summed E-state index contributed by atoms with van der Waals surface area (Å²) in [4.78, 5) is 8.90. The molecule has 2 saturated carbocycles. The third-order valence-electron chi connectivity index (χ3n) is 5.14. The molecule has 2 aliphatic carbocycles. The Kier molecular flexibility index (Phi) is 2.47. The summed E-state index contributed by atoms with van der Waals surface area (Å²) in [5.74, 6) is 3.23.